The summed E-state index contributed by atoms with van der Waals surface area (Å²) in [7, 11) is 0. The third-order valence-corrected chi connectivity index (χ3v) is 12.3. The molecule has 8 atom stereocenters. The molecule has 0 spiro atoms. The third-order valence-electron chi connectivity index (χ3n) is 12.3. The molecule has 4 rings (SSSR count). The standard InChI is InChI=1S/C30H52O/c1-8-27(3,4)16-9-10-21(2)29(6)18-15-26-24-12-11-22-20-23(31)13-17-28(22,5)25(24)14-19-30(26,29)7/h11,21,23-26,31H,8-10,12-20H2,1-7H3. The fourth-order valence-electron chi connectivity index (χ4n) is 9.14. The first-order valence-electron chi connectivity index (χ1n) is 13.8. The molecular formula is C30H52O. The summed E-state index contributed by atoms with van der Waals surface area (Å²) >= 11 is 0. The molecule has 8 unspecified atom stereocenters. The summed E-state index contributed by atoms with van der Waals surface area (Å²) in [4.78, 5) is 0. The van der Waals surface area contributed by atoms with Crippen LogP contribution in [0.25, 0.3) is 0 Å². The Bertz CT molecular complexity index is 691. The maximum absolute atomic E-state index is 10.3. The van der Waals surface area contributed by atoms with Crippen LogP contribution in [-0.4, -0.2) is 11.2 Å². The number of aliphatic hydroxyl groups is 1. The number of allylic oxidation sites excluding steroid dienone is 1. The first-order valence-corrected chi connectivity index (χ1v) is 13.8. The molecule has 0 amide bonds. The van der Waals surface area contributed by atoms with E-state index in [0.717, 1.165) is 36.5 Å². The van der Waals surface area contributed by atoms with E-state index in [-0.39, 0.29) is 6.10 Å². The summed E-state index contributed by atoms with van der Waals surface area (Å²) in [5.74, 6) is 3.49. The molecule has 0 aromatic rings. The van der Waals surface area contributed by atoms with Gasteiger partial charge in [-0.3, -0.25) is 0 Å². The maximum atomic E-state index is 10.3. The lowest BCUT2D eigenvalue weighted by atomic mass is 9.44. The number of hydrogen-bond acceptors (Lipinski definition) is 1. The van der Waals surface area contributed by atoms with E-state index in [1.54, 1.807) is 5.57 Å². The second kappa shape index (κ2) is 8.18. The highest BCUT2D eigenvalue weighted by Crippen LogP contribution is 2.71. The Hall–Kier alpha value is -0.300. The summed E-state index contributed by atoms with van der Waals surface area (Å²) in [6, 6.07) is 0. The van der Waals surface area contributed by atoms with Crippen LogP contribution in [0.4, 0.5) is 0 Å². The van der Waals surface area contributed by atoms with Crippen LogP contribution in [0.1, 0.15) is 126 Å². The topological polar surface area (TPSA) is 20.2 Å². The summed E-state index contributed by atoms with van der Waals surface area (Å²) < 4.78 is 0. The van der Waals surface area contributed by atoms with Crippen LogP contribution in [0.15, 0.2) is 11.6 Å². The molecule has 0 aliphatic heterocycles. The van der Waals surface area contributed by atoms with Gasteiger partial charge >= 0.3 is 0 Å². The highest BCUT2D eigenvalue weighted by molar-refractivity contribution is 5.26. The van der Waals surface area contributed by atoms with Crippen molar-refractivity contribution >= 4 is 0 Å². The molecule has 0 saturated heterocycles. The average molecular weight is 429 g/mol. The number of hydrogen-bond donors (Lipinski definition) is 1. The summed E-state index contributed by atoms with van der Waals surface area (Å²) in [6.07, 6.45) is 18.2. The van der Waals surface area contributed by atoms with Crippen molar-refractivity contribution in [2.75, 3.05) is 0 Å². The molecule has 0 aromatic carbocycles. The van der Waals surface area contributed by atoms with Crippen LogP contribution >= 0.6 is 0 Å². The Morgan fingerprint density at radius 1 is 1.06 bits per heavy atom. The highest BCUT2D eigenvalue weighted by Gasteiger charge is 2.63. The Kier molecular flexibility index (Phi) is 6.29. The van der Waals surface area contributed by atoms with Gasteiger partial charge in [0.15, 0.2) is 0 Å². The van der Waals surface area contributed by atoms with E-state index < -0.39 is 0 Å². The monoisotopic (exact) mass is 428 g/mol. The van der Waals surface area contributed by atoms with Gasteiger partial charge in [0, 0.05) is 0 Å². The van der Waals surface area contributed by atoms with Crippen LogP contribution < -0.4 is 0 Å². The van der Waals surface area contributed by atoms with Gasteiger partial charge in [0.25, 0.3) is 0 Å². The summed E-state index contributed by atoms with van der Waals surface area (Å²) in [6.45, 7) is 17.8. The van der Waals surface area contributed by atoms with E-state index in [1.165, 1.54) is 64.2 Å². The maximum Gasteiger partial charge on any atom is 0.0577 e. The Labute approximate surface area is 193 Å². The van der Waals surface area contributed by atoms with Crippen LogP contribution in [-0.2, 0) is 0 Å². The molecule has 3 saturated carbocycles. The Balaban J connectivity index is 1.50. The highest BCUT2D eigenvalue weighted by atomic mass is 16.3. The van der Waals surface area contributed by atoms with Crippen molar-refractivity contribution < 1.29 is 5.11 Å². The minimum Gasteiger partial charge on any atom is -0.393 e. The lowest BCUT2D eigenvalue weighted by Gasteiger charge is -2.60. The van der Waals surface area contributed by atoms with Crippen LogP contribution in [0.3, 0.4) is 0 Å². The van der Waals surface area contributed by atoms with E-state index >= 15 is 0 Å². The lowest BCUT2D eigenvalue weighted by molar-refractivity contribution is -0.0890. The van der Waals surface area contributed by atoms with E-state index in [2.05, 4.69) is 54.5 Å². The minimum absolute atomic E-state index is 0.0851. The first kappa shape index (κ1) is 23.8. The fourth-order valence-corrected chi connectivity index (χ4v) is 9.14. The molecule has 0 radical (unpaired) electrons. The van der Waals surface area contributed by atoms with Gasteiger partial charge < -0.3 is 5.11 Å². The number of fused-ring (bicyclic) bond motifs is 5. The second-order valence-electron chi connectivity index (χ2n) is 13.9. The van der Waals surface area contributed by atoms with E-state index in [1.807, 2.05) is 0 Å². The number of rotatable bonds is 6. The molecule has 1 N–H and O–H groups in total. The third kappa shape index (κ3) is 3.77. The fraction of sp³-hybridized carbons (Fsp3) is 0.933. The van der Waals surface area contributed by atoms with Gasteiger partial charge in [-0.15, -0.1) is 0 Å². The van der Waals surface area contributed by atoms with Gasteiger partial charge in [-0.05, 0) is 103 Å². The second-order valence-corrected chi connectivity index (χ2v) is 13.9. The minimum atomic E-state index is -0.0851. The number of aliphatic hydroxyl groups excluding tert-OH is 1. The molecular weight excluding hydrogens is 376 g/mol. The van der Waals surface area contributed by atoms with Crippen molar-refractivity contribution in [3.63, 3.8) is 0 Å². The van der Waals surface area contributed by atoms with Gasteiger partial charge in [0.1, 0.15) is 0 Å². The van der Waals surface area contributed by atoms with Crippen molar-refractivity contribution in [3.8, 4) is 0 Å². The molecule has 178 valence electrons. The summed E-state index contributed by atoms with van der Waals surface area (Å²) in [5.41, 5.74) is 3.52. The lowest BCUT2D eigenvalue weighted by Crippen LogP contribution is -2.53. The zero-order chi connectivity index (χ0) is 22.7. The largest absolute Gasteiger partial charge is 0.393 e. The van der Waals surface area contributed by atoms with Crippen molar-refractivity contribution in [2.24, 2.45) is 45.3 Å². The molecule has 0 aromatic heterocycles. The molecule has 1 nitrogen and oxygen atoms in total. The zero-order valence-electron chi connectivity index (χ0n) is 21.9. The molecule has 0 bridgehead atoms. The molecule has 4 aliphatic rings. The Morgan fingerprint density at radius 3 is 2.48 bits per heavy atom. The van der Waals surface area contributed by atoms with Gasteiger partial charge in [-0.2, -0.15) is 0 Å². The van der Waals surface area contributed by atoms with E-state index in [4.69, 9.17) is 0 Å². The Morgan fingerprint density at radius 2 is 1.77 bits per heavy atom. The molecule has 0 heterocycles. The van der Waals surface area contributed by atoms with Crippen LogP contribution in [0.2, 0.25) is 0 Å². The predicted molar refractivity (Wildman–Crippen MR) is 133 cm³/mol. The molecule has 4 aliphatic carbocycles. The first-order chi connectivity index (χ1) is 14.5. The van der Waals surface area contributed by atoms with E-state index in [0.29, 0.717) is 21.7 Å². The molecule has 1 heteroatoms. The zero-order valence-corrected chi connectivity index (χ0v) is 21.9. The molecule has 31 heavy (non-hydrogen) atoms. The normalized spacial score (nSPS) is 46.0. The molecule has 3 fully saturated rings. The quantitative estimate of drug-likeness (QED) is 0.420. The van der Waals surface area contributed by atoms with Crippen molar-refractivity contribution in [1.29, 1.82) is 0 Å². The van der Waals surface area contributed by atoms with Crippen molar-refractivity contribution in [2.45, 2.75) is 132 Å². The SMILES string of the molecule is CCC(C)(C)CCCC(C)C1(C)CCC2C3CC=C4CC(O)CCC4(C)C3CCC21C. The predicted octanol–water partition coefficient (Wildman–Crippen LogP) is 8.56. The van der Waals surface area contributed by atoms with E-state index in [9.17, 15) is 5.11 Å². The van der Waals surface area contributed by atoms with Gasteiger partial charge in [-0.25, -0.2) is 0 Å². The van der Waals surface area contributed by atoms with Crippen LogP contribution in [0, 0.1) is 45.3 Å². The average Bonchev–Trinajstić information content (AvgIpc) is 3.00. The van der Waals surface area contributed by atoms with Crippen molar-refractivity contribution in [3.05, 3.63) is 11.6 Å². The van der Waals surface area contributed by atoms with Gasteiger partial charge in [0.05, 0.1) is 6.10 Å². The smallest absolute Gasteiger partial charge is 0.0577 e. The van der Waals surface area contributed by atoms with Gasteiger partial charge in [-0.1, -0.05) is 79.4 Å². The summed E-state index contributed by atoms with van der Waals surface area (Å²) in [5, 5.41) is 10.3. The van der Waals surface area contributed by atoms with Crippen molar-refractivity contribution in [1.82, 2.24) is 0 Å². The van der Waals surface area contributed by atoms with Crippen LogP contribution in [0.5, 0.6) is 0 Å². The van der Waals surface area contributed by atoms with Gasteiger partial charge in [0.2, 0.25) is 0 Å².